The molecule has 0 saturated carbocycles. The van der Waals surface area contributed by atoms with Crippen LogP contribution in [0.2, 0.25) is 0 Å². The standard InChI is InChI=1S/C10H19N5O2/c1-15-8-9(13-14-15)7-11-4-3-10(16)12-5-6-17-2/h8,11H,3-7H2,1-2H3,(H,12,16). The SMILES string of the molecule is COCCNC(=O)CCNCc1cn(C)nn1. The highest BCUT2D eigenvalue weighted by Gasteiger charge is 2.01. The molecule has 1 amide bonds. The zero-order valence-electron chi connectivity index (χ0n) is 10.3. The molecule has 96 valence electrons. The van der Waals surface area contributed by atoms with E-state index in [9.17, 15) is 4.79 Å². The molecule has 0 fully saturated rings. The molecule has 0 aliphatic carbocycles. The first-order valence-electron chi connectivity index (χ1n) is 5.54. The number of rotatable bonds is 8. The van der Waals surface area contributed by atoms with Crippen molar-refractivity contribution < 1.29 is 9.53 Å². The molecule has 7 nitrogen and oxygen atoms in total. The maximum atomic E-state index is 11.3. The van der Waals surface area contributed by atoms with E-state index in [0.717, 1.165) is 5.69 Å². The second-order valence-corrected chi connectivity index (χ2v) is 3.65. The molecule has 1 rings (SSSR count). The van der Waals surface area contributed by atoms with Gasteiger partial charge in [-0.05, 0) is 0 Å². The van der Waals surface area contributed by atoms with Gasteiger partial charge in [0.2, 0.25) is 5.91 Å². The number of methoxy groups -OCH3 is 1. The van der Waals surface area contributed by atoms with Crippen molar-refractivity contribution in [3.63, 3.8) is 0 Å². The minimum atomic E-state index is 0.0219. The smallest absolute Gasteiger partial charge is 0.221 e. The molecule has 1 aromatic rings. The van der Waals surface area contributed by atoms with Crippen molar-refractivity contribution in [2.24, 2.45) is 7.05 Å². The highest BCUT2D eigenvalue weighted by molar-refractivity contribution is 5.75. The number of ether oxygens (including phenoxy) is 1. The van der Waals surface area contributed by atoms with Crippen molar-refractivity contribution in [3.8, 4) is 0 Å². The first-order chi connectivity index (χ1) is 8.22. The van der Waals surface area contributed by atoms with Crippen LogP contribution in [0.1, 0.15) is 12.1 Å². The molecule has 1 heterocycles. The minimum Gasteiger partial charge on any atom is -0.383 e. The number of hydrogen-bond donors (Lipinski definition) is 2. The van der Waals surface area contributed by atoms with Crippen molar-refractivity contribution in [2.75, 3.05) is 26.8 Å². The summed E-state index contributed by atoms with van der Waals surface area (Å²) in [5.41, 5.74) is 0.868. The topological polar surface area (TPSA) is 81.1 Å². The summed E-state index contributed by atoms with van der Waals surface area (Å²) < 4.78 is 6.48. The Balaban J connectivity index is 2.02. The second-order valence-electron chi connectivity index (χ2n) is 3.65. The quantitative estimate of drug-likeness (QED) is 0.574. The van der Waals surface area contributed by atoms with Gasteiger partial charge >= 0.3 is 0 Å². The summed E-state index contributed by atoms with van der Waals surface area (Å²) >= 11 is 0. The Morgan fingerprint density at radius 3 is 3.00 bits per heavy atom. The van der Waals surface area contributed by atoms with Crippen LogP contribution < -0.4 is 10.6 Å². The van der Waals surface area contributed by atoms with Crippen molar-refractivity contribution in [3.05, 3.63) is 11.9 Å². The third-order valence-corrected chi connectivity index (χ3v) is 2.11. The number of aromatic nitrogens is 3. The molecule has 0 spiro atoms. The molecule has 0 aliphatic heterocycles. The number of amides is 1. The van der Waals surface area contributed by atoms with Gasteiger partial charge in [-0.1, -0.05) is 5.21 Å². The van der Waals surface area contributed by atoms with E-state index in [1.165, 1.54) is 0 Å². The van der Waals surface area contributed by atoms with Gasteiger partial charge in [0, 0.05) is 46.4 Å². The van der Waals surface area contributed by atoms with Gasteiger partial charge in [-0.15, -0.1) is 5.10 Å². The third-order valence-electron chi connectivity index (χ3n) is 2.11. The average molecular weight is 241 g/mol. The highest BCUT2D eigenvalue weighted by Crippen LogP contribution is 1.89. The van der Waals surface area contributed by atoms with Crippen LogP contribution in [0.4, 0.5) is 0 Å². The maximum absolute atomic E-state index is 11.3. The second kappa shape index (κ2) is 7.75. The molecular formula is C10H19N5O2. The number of aryl methyl sites for hydroxylation is 1. The van der Waals surface area contributed by atoms with Gasteiger partial charge in [-0.25, -0.2) is 0 Å². The van der Waals surface area contributed by atoms with E-state index in [4.69, 9.17) is 4.74 Å². The van der Waals surface area contributed by atoms with Crippen LogP contribution in [-0.4, -0.2) is 47.7 Å². The average Bonchev–Trinajstić information content (AvgIpc) is 2.71. The molecule has 0 radical (unpaired) electrons. The first-order valence-corrected chi connectivity index (χ1v) is 5.54. The first kappa shape index (κ1) is 13.6. The summed E-state index contributed by atoms with van der Waals surface area (Å²) in [6.45, 7) is 2.34. The Morgan fingerprint density at radius 2 is 2.35 bits per heavy atom. The lowest BCUT2D eigenvalue weighted by molar-refractivity contribution is -0.121. The number of nitrogens with one attached hydrogen (secondary N) is 2. The number of hydrogen-bond acceptors (Lipinski definition) is 5. The fourth-order valence-electron chi connectivity index (χ4n) is 1.28. The Bertz CT molecular complexity index is 339. The van der Waals surface area contributed by atoms with Crippen molar-refractivity contribution in [1.82, 2.24) is 25.6 Å². The van der Waals surface area contributed by atoms with Crippen LogP contribution >= 0.6 is 0 Å². The Kier molecular flexibility index (Phi) is 6.19. The molecule has 0 bridgehead atoms. The van der Waals surface area contributed by atoms with Crippen molar-refractivity contribution in [2.45, 2.75) is 13.0 Å². The van der Waals surface area contributed by atoms with Crippen LogP contribution in [-0.2, 0) is 23.1 Å². The van der Waals surface area contributed by atoms with Gasteiger partial charge in [0.05, 0.1) is 12.3 Å². The molecule has 0 unspecified atom stereocenters. The van der Waals surface area contributed by atoms with E-state index in [0.29, 0.717) is 32.7 Å². The normalized spacial score (nSPS) is 10.5. The largest absolute Gasteiger partial charge is 0.383 e. The van der Waals surface area contributed by atoms with Crippen LogP contribution in [0, 0.1) is 0 Å². The summed E-state index contributed by atoms with van der Waals surface area (Å²) in [7, 11) is 3.42. The molecule has 17 heavy (non-hydrogen) atoms. The monoisotopic (exact) mass is 241 g/mol. The summed E-state index contributed by atoms with van der Waals surface area (Å²) in [5.74, 6) is 0.0219. The zero-order valence-corrected chi connectivity index (χ0v) is 10.3. The lowest BCUT2D eigenvalue weighted by Crippen LogP contribution is -2.30. The van der Waals surface area contributed by atoms with E-state index >= 15 is 0 Å². The summed E-state index contributed by atoms with van der Waals surface area (Å²) in [6, 6.07) is 0. The maximum Gasteiger partial charge on any atom is 0.221 e. The molecule has 0 atom stereocenters. The van der Waals surface area contributed by atoms with E-state index in [1.54, 1.807) is 11.8 Å². The van der Waals surface area contributed by atoms with Gasteiger partial charge in [0.25, 0.3) is 0 Å². The highest BCUT2D eigenvalue weighted by atomic mass is 16.5. The Hall–Kier alpha value is -1.47. The molecule has 2 N–H and O–H groups in total. The minimum absolute atomic E-state index is 0.0219. The molecular weight excluding hydrogens is 222 g/mol. The summed E-state index contributed by atoms with van der Waals surface area (Å²) in [6.07, 6.45) is 2.29. The summed E-state index contributed by atoms with van der Waals surface area (Å²) in [4.78, 5) is 11.3. The lowest BCUT2D eigenvalue weighted by atomic mass is 10.3. The van der Waals surface area contributed by atoms with Gasteiger partial charge in [0.1, 0.15) is 0 Å². The molecule has 0 aliphatic rings. The molecule has 0 saturated heterocycles. The molecule has 7 heteroatoms. The zero-order chi connectivity index (χ0) is 12.5. The van der Waals surface area contributed by atoms with Gasteiger partial charge in [0.15, 0.2) is 0 Å². The summed E-state index contributed by atoms with van der Waals surface area (Å²) in [5, 5.41) is 13.6. The predicted molar refractivity (Wildman–Crippen MR) is 62.2 cm³/mol. The van der Waals surface area contributed by atoms with Crippen LogP contribution in [0.25, 0.3) is 0 Å². The van der Waals surface area contributed by atoms with E-state index in [1.807, 2.05) is 13.2 Å². The van der Waals surface area contributed by atoms with E-state index in [-0.39, 0.29) is 5.91 Å². The van der Waals surface area contributed by atoms with Crippen LogP contribution in [0.15, 0.2) is 6.20 Å². The van der Waals surface area contributed by atoms with Crippen molar-refractivity contribution >= 4 is 5.91 Å². The van der Waals surface area contributed by atoms with E-state index < -0.39 is 0 Å². The third kappa shape index (κ3) is 5.98. The van der Waals surface area contributed by atoms with Gasteiger partial charge < -0.3 is 15.4 Å². The Labute approximate surface area is 101 Å². The molecule has 0 aromatic carbocycles. The number of carbonyl (C=O) groups excluding carboxylic acids is 1. The lowest BCUT2D eigenvalue weighted by Gasteiger charge is -2.04. The van der Waals surface area contributed by atoms with Crippen molar-refractivity contribution in [1.29, 1.82) is 0 Å². The molecule has 1 aromatic heterocycles. The Morgan fingerprint density at radius 1 is 1.53 bits per heavy atom. The fraction of sp³-hybridized carbons (Fsp3) is 0.700. The van der Waals surface area contributed by atoms with Gasteiger partial charge in [-0.3, -0.25) is 9.48 Å². The fourth-order valence-corrected chi connectivity index (χ4v) is 1.28. The number of carbonyl (C=O) groups is 1. The van der Waals surface area contributed by atoms with Crippen LogP contribution in [0.3, 0.4) is 0 Å². The van der Waals surface area contributed by atoms with Crippen LogP contribution in [0.5, 0.6) is 0 Å². The number of nitrogens with zero attached hydrogens (tertiary/aromatic N) is 3. The van der Waals surface area contributed by atoms with E-state index in [2.05, 4.69) is 20.9 Å². The predicted octanol–water partition coefficient (Wildman–Crippen LogP) is -0.943. The van der Waals surface area contributed by atoms with Gasteiger partial charge in [-0.2, -0.15) is 0 Å².